The average Bonchev–Trinajstić information content (AvgIpc) is 3.02. The van der Waals surface area contributed by atoms with Crippen LogP contribution in [0, 0.1) is 11.3 Å². The summed E-state index contributed by atoms with van der Waals surface area (Å²) in [6, 6.07) is 9.63. The maximum atomic E-state index is 12.2. The van der Waals surface area contributed by atoms with E-state index in [0.717, 1.165) is 42.7 Å². The van der Waals surface area contributed by atoms with E-state index >= 15 is 0 Å². The third-order valence-electron chi connectivity index (χ3n) is 4.41. The minimum atomic E-state index is -0.0709. The molecule has 0 spiro atoms. The summed E-state index contributed by atoms with van der Waals surface area (Å²) in [6.45, 7) is 0.464. The number of carbonyl (C=O) groups is 1. The van der Waals surface area contributed by atoms with Gasteiger partial charge in [-0.15, -0.1) is 11.3 Å². The number of rotatable bonds is 7. The van der Waals surface area contributed by atoms with Crippen molar-refractivity contribution in [1.29, 1.82) is 5.26 Å². The van der Waals surface area contributed by atoms with Gasteiger partial charge in [0.05, 0.1) is 19.3 Å². The summed E-state index contributed by atoms with van der Waals surface area (Å²) in [7, 11) is 1.62. The molecular formula is C20H22N2O3S. The summed E-state index contributed by atoms with van der Waals surface area (Å²) in [5, 5.41) is 13.1. The number of nitriles is 1. The molecule has 0 saturated carbocycles. The first-order valence-electron chi connectivity index (χ1n) is 8.82. The molecule has 0 atom stereocenters. The third-order valence-corrected chi connectivity index (χ3v) is 5.62. The van der Waals surface area contributed by atoms with Crippen LogP contribution in [0.4, 0.5) is 5.00 Å². The van der Waals surface area contributed by atoms with Gasteiger partial charge in [0.15, 0.2) is 0 Å². The van der Waals surface area contributed by atoms with Gasteiger partial charge in [-0.05, 0) is 61.9 Å². The van der Waals surface area contributed by atoms with Crippen molar-refractivity contribution in [2.75, 3.05) is 19.0 Å². The summed E-state index contributed by atoms with van der Waals surface area (Å²) < 4.78 is 10.7. The second-order valence-electron chi connectivity index (χ2n) is 6.20. The Morgan fingerprint density at radius 1 is 1.23 bits per heavy atom. The van der Waals surface area contributed by atoms with Crippen molar-refractivity contribution in [2.45, 2.75) is 38.5 Å². The van der Waals surface area contributed by atoms with E-state index in [4.69, 9.17) is 9.47 Å². The van der Waals surface area contributed by atoms with Gasteiger partial charge >= 0.3 is 0 Å². The van der Waals surface area contributed by atoms with E-state index in [-0.39, 0.29) is 5.91 Å². The monoisotopic (exact) mass is 370 g/mol. The van der Waals surface area contributed by atoms with Crippen molar-refractivity contribution in [2.24, 2.45) is 0 Å². The fourth-order valence-electron chi connectivity index (χ4n) is 3.06. The van der Waals surface area contributed by atoms with E-state index in [1.54, 1.807) is 18.4 Å². The van der Waals surface area contributed by atoms with Gasteiger partial charge in [0, 0.05) is 11.3 Å². The fourth-order valence-corrected chi connectivity index (χ4v) is 4.31. The van der Waals surface area contributed by atoms with Crippen LogP contribution >= 0.6 is 11.3 Å². The summed E-state index contributed by atoms with van der Waals surface area (Å²) in [5.41, 5.74) is 1.80. The molecule has 26 heavy (non-hydrogen) atoms. The number of aryl methyl sites for hydroxylation is 1. The molecule has 0 aliphatic heterocycles. The van der Waals surface area contributed by atoms with Crippen LogP contribution in [0.3, 0.4) is 0 Å². The lowest BCUT2D eigenvalue weighted by Crippen LogP contribution is -2.12. The first-order valence-corrected chi connectivity index (χ1v) is 9.64. The lowest BCUT2D eigenvalue weighted by molar-refractivity contribution is -0.116. The fraction of sp³-hybridized carbons (Fsp3) is 0.400. The highest BCUT2D eigenvalue weighted by Crippen LogP contribution is 2.37. The summed E-state index contributed by atoms with van der Waals surface area (Å²) >= 11 is 1.56. The molecule has 3 rings (SSSR count). The minimum absolute atomic E-state index is 0.0709. The molecule has 0 radical (unpaired) electrons. The van der Waals surface area contributed by atoms with Crippen LogP contribution in [0.25, 0.3) is 0 Å². The molecule has 6 heteroatoms. The summed E-state index contributed by atoms with van der Waals surface area (Å²) in [4.78, 5) is 13.5. The predicted octanol–water partition coefficient (Wildman–Crippen LogP) is 4.30. The molecule has 5 nitrogen and oxygen atoms in total. The Hall–Kier alpha value is -2.52. The minimum Gasteiger partial charge on any atom is -0.497 e. The smallest absolute Gasteiger partial charge is 0.225 e. The maximum Gasteiger partial charge on any atom is 0.225 e. The number of fused-ring (bicyclic) bond motifs is 1. The third kappa shape index (κ3) is 4.36. The first kappa shape index (κ1) is 18.3. The van der Waals surface area contributed by atoms with Crippen molar-refractivity contribution < 1.29 is 14.3 Å². The topological polar surface area (TPSA) is 71.3 Å². The van der Waals surface area contributed by atoms with Crippen LogP contribution in [-0.2, 0) is 17.6 Å². The molecular weight excluding hydrogens is 348 g/mol. The molecule has 0 bridgehead atoms. The summed E-state index contributed by atoms with van der Waals surface area (Å²) in [5.74, 6) is 1.46. The lowest BCUT2D eigenvalue weighted by atomic mass is 9.96. The SMILES string of the molecule is COc1ccc(OCCCC(=O)Nc2sc3c(c2C#N)CCCC3)cc1. The van der Waals surface area contributed by atoms with Crippen LogP contribution in [0.2, 0.25) is 0 Å². The standard InChI is InChI=1S/C20H22N2O3S/c1-24-14-8-10-15(11-9-14)25-12-4-7-19(23)22-20-17(13-21)16-5-2-3-6-18(16)26-20/h8-11H,2-7,12H2,1H3,(H,22,23). The van der Waals surface area contributed by atoms with E-state index in [1.165, 1.54) is 4.88 Å². The number of methoxy groups -OCH3 is 1. The first-order chi connectivity index (χ1) is 12.7. The number of carbonyl (C=O) groups excluding carboxylic acids is 1. The van der Waals surface area contributed by atoms with Crippen LogP contribution < -0.4 is 14.8 Å². The quantitative estimate of drug-likeness (QED) is 0.738. The van der Waals surface area contributed by atoms with Crippen molar-refractivity contribution >= 4 is 22.2 Å². The van der Waals surface area contributed by atoms with Gasteiger partial charge in [0.25, 0.3) is 0 Å². The highest BCUT2D eigenvalue weighted by Gasteiger charge is 2.21. The second-order valence-corrected chi connectivity index (χ2v) is 7.31. The zero-order valence-electron chi connectivity index (χ0n) is 14.8. The molecule has 1 aromatic carbocycles. The van der Waals surface area contributed by atoms with Gasteiger partial charge in [-0.3, -0.25) is 4.79 Å². The van der Waals surface area contributed by atoms with E-state index in [2.05, 4.69) is 11.4 Å². The molecule has 0 saturated heterocycles. The van der Waals surface area contributed by atoms with Crippen LogP contribution in [0.5, 0.6) is 11.5 Å². The lowest BCUT2D eigenvalue weighted by Gasteiger charge is -2.09. The Labute approximate surface area is 157 Å². The molecule has 1 amide bonds. The molecule has 1 heterocycles. The van der Waals surface area contributed by atoms with Crippen LogP contribution in [0.15, 0.2) is 24.3 Å². The molecule has 1 aliphatic rings. The highest BCUT2D eigenvalue weighted by molar-refractivity contribution is 7.16. The predicted molar refractivity (Wildman–Crippen MR) is 102 cm³/mol. The van der Waals surface area contributed by atoms with Crippen LogP contribution in [0.1, 0.15) is 41.7 Å². The Morgan fingerprint density at radius 3 is 2.69 bits per heavy atom. The van der Waals surface area contributed by atoms with Gasteiger partial charge in [-0.1, -0.05) is 0 Å². The number of amides is 1. The molecule has 1 aromatic heterocycles. The number of benzene rings is 1. The highest BCUT2D eigenvalue weighted by atomic mass is 32.1. The number of anilines is 1. The second kappa shape index (κ2) is 8.72. The number of ether oxygens (including phenoxy) is 2. The van der Waals surface area contributed by atoms with E-state index < -0.39 is 0 Å². The Morgan fingerprint density at radius 2 is 1.96 bits per heavy atom. The number of thiophene rings is 1. The van der Waals surface area contributed by atoms with Gasteiger partial charge in [0.2, 0.25) is 5.91 Å². The zero-order valence-corrected chi connectivity index (χ0v) is 15.7. The van der Waals surface area contributed by atoms with Gasteiger partial charge in [-0.25, -0.2) is 0 Å². The van der Waals surface area contributed by atoms with Crippen molar-refractivity contribution in [3.05, 3.63) is 40.3 Å². The number of hydrogen-bond donors (Lipinski definition) is 1. The Bertz CT molecular complexity index is 806. The van der Waals surface area contributed by atoms with Gasteiger partial charge in [-0.2, -0.15) is 5.26 Å². The number of nitrogens with zero attached hydrogens (tertiary/aromatic N) is 1. The largest absolute Gasteiger partial charge is 0.497 e. The molecule has 0 fully saturated rings. The van der Waals surface area contributed by atoms with Crippen molar-refractivity contribution in [3.63, 3.8) is 0 Å². The Kier molecular flexibility index (Phi) is 6.13. The van der Waals surface area contributed by atoms with Crippen molar-refractivity contribution in [1.82, 2.24) is 0 Å². The number of hydrogen-bond acceptors (Lipinski definition) is 5. The Balaban J connectivity index is 1.47. The van der Waals surface area contributed by atoms with E-state index in [9.17, 15) is 10.1 Å². The molecule has 0 unspecified atom stereocenters. The number of nitrogens with one attached hydrogen (secondary N) is 1. The molecule has 2 aromatic rings. The van der Waals surface area contributed by atoms with Gasteiger partial charge < -0.3 is 14.8 Å². The van der Waals surface area contributed by atoms with Crippen molar-refractivity contribution in [3.8, 4) is 17.6 Å². The van der Waals surface area contributed by atoms with E-state index in [1.807, 2.05) is 24.3 Å². The average molecular weight is 370 g/mol. The molecule has 1 N–H and O–H groups in total. The normalized spacial score (nSPS) is 12.8. The molecule has 136 valence electrons. The van der Waals surface area contributed by atoms with Gasteiger partial charge in [0.1, 0.15) is 22.6 Å². The summed E-state index contributed by atoms with van der Waals surface area (Å²) in [6.07, 6.45) is 5.22. The van der Waals surface area contributed by atoms with E-state index in [0.29, 0.717) is 30.0 Å². The zero-order chi connectivity index (χ0) is 18.4. The van der Waals surface area contributed by atoms with Crippen LogP contribution in [-0.4, -0.2) is 19.6 Å². The molecule has 1 aliphatic carbocycles. The maximum absolute atomic E-state index is 12.2.